The Balaban J connectivity index is 0.00000144. The summed E-state index contributed by atoms with van der Waals surface area (Å²) in [6.45, 7) is 1.41. The molecule has 1 saturated carbocycles. The van der Waals surface area contributed by atoms with Crippen molar-refractivity contribution in [1.82, 2.24) is 10.2 Å². The number of piperazine rings is 1. The van der Waals surface area contributed by atoms with Crippen molar-refractivity contribution >= 4 is 24.2 Å². The first-order valence-corrected chi connectivity index (χ1v) is 5.97. The van der Waals surface area contributed by atoms with Gasteiger partial charge in [0.1, 0.15) is 0 Å². The van der Waals surface area contributed by atoms with Gasteiger partial charge in [-0.15, -0.1) is 12.4 Å². The predicted octanol–water partition coefficient (Wildman–Crippen LogP) is -0.116. The van der Waals surface area contributed by atoms with Crippen LogP contribution in [0.2, 0.25) is 0 Å². The molecule has 0 radical (unpaired) electrons. The van der Waals surface area contributed by atoms with E-state index in [0.29, 0.717) is 25.4 Å². The van der Waals surface area contributed by atoms with Gasteiger partial charge in [0.25, 0.3) is 0 Å². The molecule has 1 aliphatic heterocycles. The van der Waals surface area contributed by atoms with Gasteiger partial charge >= 0.3 is 0 Å². The fraction of sp³-hybridized carbons (Fsp3) is 0.818. The third-order valence-corrected chi connectivity index (χ3v) is 3.55. The zero-order valence-electron chi connectivity index (χ0n) is 9.85. The van der Waals surface area contributed by atoms with Gasteiger partial charge in [-0.3, -0.25) is 9.59 Å². The second-order valence-corrected chi connectivity index (χ2v) is 4.72. The van der Waals surface area contributed by atoms with E-state index in [1.54, 1.807) is 4.90 Å². The molecule has 5 nitrogen and oxygen atoms in total. The summed E-state index contributed by atoms with van der Waals surface area (Å²) in [5.74, 6) is 0.338. The Labute approximate surface area is 108 Å². The number of hydrogen-bond donors (Lipinski definition) is 2. The fourth-order valence-electron chi connectivity index (χ4n) is 2.52. The number of rotatable bonds is 2. The maximum Gasteiger partial charge on any atom is 0.239 e. The summed E-state index contributed by atoms with van der Waals surface area (Å²) >= 11 is 0. The Morgan fingerprint density at radius 3 is 2.82 bits per heavy atom. The maximum atomic E-state index is 11.9. The third kappa shape index (κ3) is 3.57. The average molecular weight is 262 g/mol. The molecule has 98 valence electrons. The van der Waals surface area contributed by atoms with Gasteiger partial charge < -0.3 is 16.0 Å². The van der Waals surface area contributed by atoms with Crippen LogP contribution in [0, 0.1) is 5.92 Å². The second-order valence-electron chi connectivity index (χ2n) is 4.72. The molecule has 0 bridgehead atoms. The quantitative estimate of drug-likeness (QED) is 0.728. The Kier molecular flexibility index (Phi) is 5.21. The summed E-state index contributed by atoms with van der Waals surface area (Å²) < 4.78 is 0. The Bertz CT molecular complexity index is 298. The molecule has 6 heteroatoms. The molecular weight excluding hydrogens is 242 g/mol. The number of nitrogens with one attached hydrogen (secondary N) is 1. The third-order valence-electron chi connectivity index (χ3n) is 3.55. The van der Waals surface area contributed by atoms with Crippen molar-refractivity contribution in [3.8, 4) is 0 Å². The first-order valence-electron chi connectivity index (χ1n) is 5.97. The predicted molar refractivity (Wildman–Crippen MR) is 66.8 cm³/mol. The number of carbonyl (C=O) groups is 2. The molecule has 1 aliphatic carbocycles. The minimum atomic E-state index is -0.0599. The number of hydrogen-bond acceptors (Lipinski definition) is 3. The van der Waals surface area contributed by atoms with Crippen LogP contribution in [0.4, 0.5) is 0 Å². The van der Waals surface area contributed by atoms with Crippen molar-refractivity contribution in [1.29, 1.82) is 0 Å². The topological polar surface area (TPSA) is 75.4 Å². The minimum Gasteiger partial charge on any atom is -0.353 e. The molecular formula is C11H20ClN3O2. The van der Waals surface area contributed by atoms with Crippen LogP contribution in [0.5, 0.6) is 0 Å². The molecule has 2 fully saturated rings. The molecule has 1 saturated heterocycles. The van der Waals surface area contributed by atoms with Crippen LogP contribution in [0.3, 0.4) is 0 Å². The van der Waals surface area contributed by atoms with Crippen molar-refractivity contribution in [2.75, 3.05) is 19.6 Å². The molecule has 3 N–H and O–H groups in total. The Morgan fingerprint density at radius 2 is 2.24 bits per heavy atom. The van der Waals surface area contributed by atoms with Crippen LogP contribution >= 0.6 is 12.4 Å². The number of nitrogens with zero attached hydrogens (tertiary/aromatic N) is 1. The van der Waals surface area contributed by atoms with Crippen LogP contribution in [0.25, 0.3) is 0 Å². The second kappa shape index (κ2) is 6.21. The number of amides is 2. The van der Waals surface area contributed by atoms with Crippen molar-refractivity contribution in [3.63, 3.8) is 0 Å². The van der Waals surface area contributed by atoms with Crippen molar-refractivity contribution in [3.05, 3.63) is 0 Å². The van der Waals surface area contributed by atoms with Gasteiger partial charge in [0.2, 0.25) is 11.8 Å². The Hall–Kier alpha value is -0.810. The summed E-state index contributed by atoms with van der Waals surface area (Å²) in [6.07, 6.45) is 3.71. The molecule has 0 aromatic rings. The van der Waals surface area contributed by atoms with E-state index in [-0.39, 0.29) is 36.8 Å². The van der Waals surface area contributed by atoms with Gasteiger partial charge in [-0.25, -0.2) is 0 Å². The molecule has 0 aromatic carbocycles. The lowest BCUT2D eigenvalue weighted by Crippen LogP contribution is -2.50. The van der Waals surface area contributed by atoms with Crippen molar-refractivity contribution in [2.24, 2.45) is 11.7 Å². The normalized spacial score (nSPS) is 28.5. The lowest BCUT2D eigenvalue weighted by atomic mass is 9.99. The number of halogens is 1. The van der Waals surface area contributed by atoms with Gasteiger partial charge in [-0.1, -0.05) is 6.42 Å². The van der Waals surface area contributed by atoms with Crippen LogP contribution in [0.1, 0.15) is 25.7 Å². The van der Waals surface area contributed by atoms with E-state index in [4.69, 9.17) is 5.73 Å². The van der Waals surface area contributed by atoms with E-state index in [1.165, 1.54) is 0 Å². The first-order chi connectivity index (χ1) is 7.66. The van der Waals surface area contributed by atoms with E-state index in [0.717, 1.165) is 19.3 Å². The highest BCUT2D eigenvalue weighted by Crippen LogP contribution is 2.27. The minimum absolute atomic E-state index is 0. The smallest absolute Gasteiger partial charge is 0.239 e. The highest BCUT2D eigenvalue weighted by Gasteiger charge is 2.29. The SMILES string of the molecule is Cl.N[C@@H]1CCC[C@H]1CC(=O)N1CCNC(=O)C1. The standard InChI is InChI=1S/C11H19N3O2.ClH/c12-9-3-1-2-8(9)6-11(16)14-5-4-13-10(15)7-14;/h8-9H,1-7,12H2,(H,13,15);1H/t8-,9+;/m0./s1. The largest absolute Gasteiger partial charge is 0.353 e. The van der Waals surface area contributed by atoms with E-state index >= 15 is 0 Å². The Morgan fingerprint density at radius 1 is 1.47 bits per heavy atom. The fourth-order valence-corrected chi connectivity index (χ4v) is 2.52. The molecule has 2 rings (SSSR count). The van der Waals surface area contributed by atoms with E-state index in [9.17, 15) is 9.59 Å². The highest BCUT2D eigenvalue weighted by atomic mass is 35.5. The van der Waals surface area contributed by atoms with Gasteiger partial charge in [0, 0.05) is 25.6 Å². The lowest BCUT2D eigenvalue weighted by molar-refractivity contribution is -0.139. The molecule has 2 atom stereocenters. The van der Waals surface area contributed by atoms with Gasteiger partial charge in [0.05, 0.1) is 6.54 Å². The van der Waals surface area contributed by atoms with Crippen molar-refractivity contribution in [2.45, 2.75) is 31.7 Å². The molecule has 0 aromatic heterocycles. The van der Waals surface area contributed by atoms with E-state index in [1.807, 2.05) is 0 Å². The van der Waals surface area contributed by atoms with Crippen molar-refractivity contribution < 1.29 is 9.59 Å². The average Bonchev–Trinajstić information content (AvgIpc) is 2.64. The monoisotopic (exact) mass is 261 g/mol. The molecule has 2 amide bonds. The zero-order valence-corrected chi connectivity index (χ0v) is 10.7. The van der Waals surface area contributed by atoms with Gasteiger partial charge in [0.15, 0.2) is 0 Å². The summed E-state index contributed by atoms with van der Waals surface area (Å²) in [6, 6.07) is 0.169. The van der Waals surface area contributed by atoms with Gasteiger partial charge in [-0.2, -0.15) is 0 Å². The number of carbonyl (C=O) groups excluding carboxylic acids is 2. The first kappa shape index (κ1) is 14.3. The van der Waals surface area contributed by atoms with Gasteiger partial charge in [-0.05, 0) is 18.8 Å². The summed E-state index contributed by atoms with van der Waals surface area (Å²) in [7, 11) is 0. The highest BCUT2D eigenvalue weighted by molar-refractivity contribution is 5.86. The van der Waals surface area contributed by atoms with Crippen LogP contribution in [0.15, 0.2) is 0 Å². The molecule has 0 unspecified atom stereocenters. The maximum absolute atomic E-state index is 11.9. The molecule has 0 spiro atoms. The summed E-state index contributed by atoms with van der Waals surface area (Å²) in [4.78, 5) is 24.7. The number of nitrogens with two attached hydrogens (primary N) is 1. The molecule has 17 heavy (non-hydrogen) atoms. The zero-order chi connectivity index (χ0) is 11.5. The summed E-state index contributed by atoms with van der Waals surface area (Å²) in [5, 5.41) is 2.71. The van der Waals surface area contributed by atoms with Crippen LogP contribution in [-0.2, 0) is 9.59 Å². The molecule has 2 aliphatic rings. The van der Waals surface area contributed by atoms with E-state index < -0.39 is 0 Å². The molecule has 1 heterocycles. The van der Waals surface area contributed by atoms with Crippen LogP contribution < -0.4 is 11.1 Å². The van der Waals surface area contributed by atoms with E-state index in [2.05, 4.69) is 5.32 Å². The summed E-state index contributed by atoms with van der Waals surface area (Å²) in [5.41, 5.74) is 5.93. The lowest BCUT2D eigenvalue weighted by Gasteiger charge is -2.28. The van der Waals surface area contributed by atoms with Crippen LogP contribution in [-0.4, -0.2) is 42.4 Å².